The van der Waals surface area contributed by atoms with Crippen LogP contribution >= 0.6 is 0 Å². The molecule has 0 fully saturated rings. The van der Waals surface area contributed by atoms with E-state index < -0.39 is 0 Å². The molecule has 1 heterocycles. The Balaban J connectivity index is 2.66. The Bertz CT molecular complexity index is 481. The summed E-state index contributed by atoms with van der Waals surface area (Å²) in [5.41, 5.74) is 3.49. The second kappa shape index (κ2) is 3.66. The van der Waals surface area contributed by atoms with E-state index in [-0.39, 0.29) is 6.01 Å². The van der Waals surface area contributed by atoms with Crippen LogP contribution in [-0.4, -0.2) is 19.2 Å². The van der Waals surface area contributed by atoms with Gasteiger partial charge in [0.2, 0.25) is 0 Å². The van der Waals surface area contributed by atoms with Crippen molar-refractivity contribution in [2.45, 2.75) is 0 Å². The number of nitrogens with one attached hydrogen (secondary N) is 1. The molecule has 0 saturated heterocycles. The van der Waals surface area contributed by atoms with Gasteiger partial charge in [0.25, 0.3) is 0 Å². The maximum atomic E-state index is 5.29. The first kappa shape index (κ1) is 9.60. The minimum Gasteiger partial charge on any atom is -0.496 e. The number of nitrogen functional groups attached to an aromatic ring is 1. The lowest BCUT2D eigenvalue weighted by Crippen LogP contribution is -2.06. The highest BCUT2D eigenvalue weighted by atomic mass is 16.5. The normalized spacial score (nSPS) is 10.3. The number of fused-ring (bicyclic) bond motifs is 1. The number of benzene rings is 1. The number of rotatable bonds is 3. The number of anilines is 1. The van der Waals surface area contributed by atoms with E-state index in [1.165, 1.54) is 0 Å². The predicted octanol–water partition coefficient (Wildman–Crippen LogP) is 1.13. The maximum Gasteiger partial charge on any atom is 0.310 e. The molecular formula is C9H11N3O3. The van der Waals surface area contributed by atoms with E-state index in [9.17, 15) is 0 Å². The quantitative estimate of drug-likeness (QED) is 0.582. The van der Waals surface area contributed by atoms with Gasteiger partial charge in [-0.05, 0) is 0 Å². The molecule has 6 nitrogen and oxygen atoms in total. The maximum absolute atomic E-state index is 5.29. The van der Waals surface area contributed by atoms with Gasteiger partial charge < -0.3 is 13.9 Å². The lowest BCUT2D eigenvalue weighted by Gasteiger charge is -2.02. The van der Waals surface area contributed by atoms with Crippen LogP contribution in [-0.2, 0) is 0 Å². The van der Waals surface area contributed by atoms with Gasteiger partial charge >= 0.3 is 6.01 Å². The van der Waals surface area contributed by atoms with Gasteiger partial charge in [0.1, 0.15) is 5.75 Å². The predicted molar refractivity (Wildman–Crippen MR) is 54.9 cm³/mol. The van der Waals surface area contributed by atoms with Crippen molar-refractivity contribution in [3.05, 3.63) is 12.1 Å². The average Bonchev–Trinajstić information content (AvgIpc) is 2.70. The second-order valence-electron chi connectivity index (χ2n) is 2.84. The smallest absolute Gasteiger partial charge is 0.310 e. The summed E-state index contributed by atoms with van der Waals surface area (Å²) >= 11 is 0. The minimum absolute atomic E-state index is 0.233. The molecule has 15 heavy (non-hydrogen) atoms. The monoisotopic (exact) mass is 209 g/mol. The van der Waals surface area contributed by atoms with Crippen molar-refractivity contribution < 1.29 is 13.9 Å². The topological polar surface area (TPSA) is 82.5 Å². The van der Waals surface area contributed by atoms with Gasteiger partial charge in [-0.15, -0.1) is 0 Å². The van der Waals surface area contributed by atoms with Gasteiger partial charge in [0.05, 0.1) is 14.2 Å². The van der Waals surface area contributed by atoms with Crippen molar-refractivity contribution in [3.63, 3.8) is 0 Å². The van der Waals surface area contributed by atoms with Crippen molar-refractivity contribution in [1.29, 1.82) is 0 Å². The zero-order valence-electron chi connectivity index (χ0n) is 8.40. The van der Waals surface area contributed by atoms with Crippen LogP contribution in [0.3, 0.4) is 0 Å². The molecular weight excluding hydrogens is 198 g/mol. The van der Waals surface area contributed by atoms with Gasteiger partial charge in [-0.3, -0.25) is 5.43 Å². The molecule has 6 heteroatoms. The fourth-order valence-corrected chi connectivity index (χ4v) is 1.31. The highest BCUT2D eigenvalue weighted by Crippen LogP contribution is 2.32. The van der Waals surface area contributed by atoms with E-state index in [0.717, 1.165) is 0 Å². The van der Waals surface area contributed by atoms with Crippen LogP contribution in [0.4, 0.5) is 6.01 Å². The molecule has 2 rings (SSSR count). The summed E-state index contributed by atoms with van der Waals surface area (Å²) in [5, 5.41) is 0. The standard InChI is InChI=1S/C9H11N3O3/c1-13-5-3-6(14-2)8-7(4-5)15-9(11-8)12-10/h3-4H,10H2,1-2H3,(H,11,12). The van der Waals surface area contributed by atoms with E-state index in [2.05, 4.69) is 10.4 Å². The molecule has 3 N–H and O–H groups in total. The zero-order valence-corrected chi connectivity index (χ0v) is 8.40. The first-order valence-corrected chi connectivity index (χ1v) is 4.27. The number of hydrogen-bond acceptors (Lipinski definition) is 6. The van der Waals surface area contributed by atoms with E-state index in [1.54, 1.807) is 26.4 Å². The van der Waals surface area contributed by atoms with Gasteiger partial charge in [-0.2, -0.15) is 4.98 Å². The molecule has 0 aliphatic heterocycles. The molecule has 0 amide bonds. The first-order chi connectivity index (χ1) is 7.28. The van der Waals surface area contributed by atoms with Crippen molar-refractivity contribution in [2.24, 2.45) is 5.84 Å². The molecule has 0 aliphatic carbocycles. The third-order valence-electron chi connectivity index (χ3n) is 2.01. The Morgan fingerprint density at radius 2 is 2.13 bits per heavy atom. The lowest BCUT2D eigenvalue weighted by atomic mass is 10.3. The minimum atomic E-state index is 0.233. The molecule has 0 saturated carbocycles. The number of hydrazine groups is 1. The first-order valence-electron chi connectivity index (χ1n) is 4.27. The van der Waals surface area contributed by atoms with Crippen molar-refractivity contribution in [3.8, 4) is 11.5 Å². The number of oxazole rings is 1. The van der Waals surface area contributed by atoms with E-state index in [0.29, 0.717) is 22.6 Å². The van der Waals surface area contributed by atoms with Crippen molar-refractivity contribution >= 4 is 17.1 Å². The second-order valence-corrected chi connectivity index (χ2v) is 2.84. The lowest BCUT2D eigenvalue weighted by molar-refractivity contribution is 0.397. The van der Waals surface area contributed by atoms with Gasteiger partial charge in [-0.25, -0.2) is 5.84 Å². The number of methoxy groups -OCH3 is 2. The highest BCUT2D eigenvalue weighted by molar-refractivity contribution is 5.83. The van der Waals surface area contributed by atoms with E-state index in [4.69, 9.17) is 19.7 Å². The van der Waals surface area contributed by atoms with Crippen LogP contribution in [0.5, 0.6) is 11.5 Å². The van der Waals surface area contributed by atoms with Crippen molar-refractivity contribution in [1.82, 2.24) is 4.98 Å². The van der Waals surface area contributed by atoms with Crippen LogP contribution in [0, 0.1) is 0 Å². The summed E-state index contributed by atoms with van der Waals surface area (Å²) in [5.74, 6) is 6.41. The largest absolute Gasteiger partial charge is 0.496 e. The van der Waals surface area contributed by atoms with Crippen LogP contribution in [0.15, 0.2) is 16.5 Å². The third kappa shape index (κ3) is 1.55. The Hall–Kier alpha value is -1.95. The summed E-state index contributed by atoms with van der Waals surface area (Å²) in [6.07, 6.45) is 0. The fourth-order valence-electron chi connectivity index (χ4n) is 1.31. The molecule has 80 valence electrons. The van der Waals surface area contributed by atoms with Gasteiger partial charge in [0, 0.05) is 12.1 Å². The third-order valence-corrected chi connectivity index (χ3v) is 2.01. The Labute approximate surface area is 85.9 Å². The SMILES string of the molecule is COc1cc(OC)c2nc(NN)oc2c1. The van der Waals surface area contributed by atoms with Crippen LogP contribution < -0.4 is 20.7 Å². The molecule has 0 spiro atoms. The van der Waals surface area contributed by atoms with Crippen molar-refractivity contribution in [2.75, 3.05) is 19.6 Å². The molecule has 0 aliphatic rings. The Morgan fingerprint density at radius 1 is 1.33 bits per heavy atom. The number of aromatic nitrogens is 1. The summed E-state index contributed by atoms with van der Waals surface area (Å²) < 4.78 is 15.5. The summed E-state index contributed by atoms with van der Waals surface area (Å²) in [6, 6.07) is 3.67. The molecule has 2 aromatic rings. The molecule has 0 atom stereocenters. The fraction of sp³-hybridized carbons (Fsp3) is 0.222. The summed E-state index contributed by atoms with van der Waals surface area (Å²) in [4.78, 5) is 4.09. The van der Waals surface area contributed by atoms with Gasteiger partial charge in [0.15, 0.2) is 16.8 Å². The Morgan fingerprint density at radius 3 is 2.73 bits per heavy atom. The van der Waals surface area contributed by atoms with E-state index >= 15 is 0 Å². The van der Waals surface area contributed by atoms with Gasteiger partial charge in [-0.1, -0.05) is 0 Å². The molecule has 0 bridgehead atoms. The van der Waals surface area contributed by atoms with Crippen LogP contribution in [0.1, 0.15) is 0 Å². The average molecular weight is 209 g/mol. The number of ether oxygens (including phenoxy) is 2. The van der Waals surface area contributed by atoms with E-state index in [1.807, 2.05) is 0 Å². The Kier molecular flexibility index (Phi) is 2.34. The molecule has 1 aromatic carbocycles. The molecule has 0 radical (unpaired) electrons. The van der Waals surface area contributed by atoms with Crippen LogP contribution in [0.25, 0.3) is 11.1 Å². The summed E-state index contributed by atoms with van der Waals surface area (Å²) in [6.45, 7) is 0. The molecule has 1 aromatic heterocycles. The van der Waals surface area contributed by atoms with Crippen LogP contribution in [0.2, 0.25) is 0 Å². The zero-order chi connectivity index (χ0) is 10.8. The highest BCUT2D eigenvalue weighted by Gasteiger charge is 2.12. The molecule has 0 unspecified atom stereocenters. The summed E-state index contributed by atoms with van der Waals surface area (Å²) in [7, 11) is 3.12. The number of hydrogen-bond donors (Lipinski definition) is 2. The number of nitrogens with zero attached hydrogens (tertiary/aromatic N) is 1. The number of nitrogens with two attached hydrogens (primary N) is 1.